The highest BCUT2D eigenvalue weighted by atomic mass is 32.2. The van der Waals surface area contributed by atoms with Crippen molar-refractivity contribution < 1.29 is 0 Å². The van der Waals surface area contributed by atoms with Gasteiger partial charge in [-0.05, 0) is 26.0 Å². The molecule has 0 aromatic carbocycles. The molecule has 0 radical (unpaired) electrons. The van der Waals surface area contributed by atoms with Gasteiger partial charge in [-0.1, -0.05) is 11.8 Å². The van der Waals surface area contributed by atoms with Crippen molar-refractivity contribution in [2.24, 2.45) is 0 Å². The van der Waals surface area contributed by atoms with Crippen LogP contribution in [0.5, 0.6) is 0 Å². The molecule has 1 nitrogen and oxygen atoms in total. The van der Waals surface area contributed by atoms with E-state index < -0.39 is 0 Å². The Bertz CT molecular complexity index is 240. The van der Waals surface area contributed by atoms with Crippen molar-refractivity contribution >= 4 is 28.1 Å². The van der Waals surface area contributed by atoms with Crippen LogP contribution < -0.4 is 0 Å². The number of thiophene rings is 1. The molecule has 0 saturated heterocycles. The number of thioether (sulfide) groups is 1. The van der Waals surface area contributed by atoms with E-state index in [1.165, 1.54) is 20.8 Å². The van der Waals surface area contributed by atoms with Crippen LogP contribution in [0.4, 0.5) is 0 Å². The second kappa shape index (κ2) is 3.21. The van der Waals surface area contributed by atoms with Gasteiger partial charge in [-0.3, -0.25) is 5.41 Å². The smallest absolute Gasteiger partial charge is 0.0666 e. The summed E-state index contributed by atoms with van der Waals surface area (Å²) >= 11 is 3.26. The van der Waals surface area contributed by atoms with Crippen molar-refractivity contribution in [1.82, 2.24) is 0 Å². The Morgan fingerprint density at radius 3 is 2.70 bits per heavy atom. The Morgan fingerprint density at radius 2 is 2.30 bits per heavy atom. The number of hydrogen-bond donors (Lipinski definition) is 1. The zero-order valence-corrected chi connectivity index (χ0v) is 7.60. The molecule has 0 atom stereocenters. The van der Waals surface area contributed by atoms with Crippen LogP contribution in [0, 0.1) is 12.3 Å². The quantitative estimate of drug-likeness (QED) is 0.392. The first-order chi connectivity index (χ1) is 4.68. The molecule has 1 rings (SSSR count). The third-order valence-corrected chi connectivity index (χ3v) is 2.91. The lowest BCUT2D eigenvalue weighted by molar-refractivity contribution is 1.53. The summed E-state index contributed by atoms with van der Waals surface area (Å²) in [7, 11) is 0. The lowest BCUT2D eigenvalue weighted by atomic mass is 10.5. The van der Waals surface area contributed by atoms with Gasteiger partial charge in [0.25, 0.3) is 0 Å². The Hall–Kier alpha value is -0.280. The van der Waals surface area contributed by atoms with Crippen molar-refractivity contribution in [2.45, 2.75) is 18.1 Å². The van der Waals surface area contributed by atoms with Gasteiger partial charge in [0.2, 0.25) is 0 Å². The molecule has 0 saturated carbocycles. The molecular weight excluding hydrogens is 162 g/mol. The third-order valence-electron chi connectivity index (χ3n) is 0.969. The second-order valence-electron chi connectivity index (χ2n) is 2.02. The summed E-state index contributed by atoms with van der Waals surface area (Å²) in [6.45, 7) is 3.88. The molecule has 0 spiro atoms. The molecule has 1 aromatic heterocycles. The Balaban J connectivity index is 2.67. The lowest BCUT2D eigenvalue weighted by Crippen LogP contribution is -1.73. The van der Waals surface area contributed by atoms with Crippen LogP contribution in [0.25, 0.3) is 0 Å². The minimum absolute atomic E-state index is 0.654. The van der Waals surface area contributed by atoms with Gasteiger partial charge >= 0.3 is 0 Å². The fraction of sp³-hybridized carbons (Fsp3) is 0.286. The first-order valence-electron chi connectivity index (χ1n) is 2.98. The van der Waals surface area contributed by atoms with E-state index in [-0.39, 0.29) is 0 Å². The molecule has 0 unspecified atom stereocenters. The monoisotopic (exact) mass is 171 g/mol. The minimum Gasteiger partial charge on any atom is -0.298 e. The van der Waals surface area contributed by atoms with Crippen molar-refractivity contribution in [1.29, 1.82) is 5.41 Å². The van der Waals surface area contributed by atoms with Crippen LogP contribution in [0.2, 0.25) is 0 Å². The van der Waals surface area contributed by atoms with Gasteiger partial charge in [0.05, 0.1) is 9.25 Å². The van der Waals surface area contributed by atoms with E-state index in [0.29, 0.717) is 5.04 Å². The SMILES string of the molecule is CC(=N)Sc1ccc(C)s1. The first-order valence-corrected chi connectivity index (χ1v) is 4.61. The topological polar surface area (TPSA) is 23.9 Å². The molecule has 1 aromatic rings. The summed E-state index contributed by atoms with van der Waals surface area (Å²) in [5.74, 6) is 0. The molecule has 0 aliphatic heterocycles. The predicted molar refractivity (Wildman–Crippen MR) is 48.3 cm³/mol. The maximum absolute atomic E-state index is 7.21. The summed E-state index contributed by atoms with van der Waals surface area (Å²) < 4.78 is 1.21. The molecule has 1 N–H and O–H groups in total. The van der Waals surface area contributed by atoms with E-state index >= 15 is 0 Å². The van der Waals surface area contributed by atoms with Crippen LogP contribution in [0.15, 0.2) is 16.3 Å². The average Bonchev–Trinajstić information content (AvgIpc) is 2.13. The van der Waals surface area contributed by atoms with Crippen molar-refractivity contribution in [3.63, 3.8) is 0 Å². The summed E-state index contributed by atoms with van der Waals surface area (Å²) in [6, 6.07) is 4.14. The molecule has 0 aliphatic carbocycles. The summed E-state index contributed by atoms with van der Waals surface area (Å²) in [6.07, 6.45) is 0. The van der Waals surface area contributed by atoms with Gasteiger partial charge in [-0.2, -0.15) is 0 Å². The Labute approximate surface area is 69.0 Å². The highest BCUT2D eigenvalue weighted by Gasteiger charge is 1.96. The molecule has 0 amide bonds. The predicted octanol–water partition coefficient (Wildman–Crippen LogP) is 3.15. The largest absolute Gasteiger partial charge is 0.298 e. The molecule has 10 heavy (non-hydrogen) atoms. The maximum Gasteiger partial charge on any atom is 0.0666 e. The zero-order chi connectivity index (χ0) is 7.56. The van der Waals surface area contributed by atoms with E-state index in [4.69, 9.17) is 5.41 Å². The zero-order valence-electron chi connectivity index (χ0n) is 5.97. The minimum atomic E-state index is 0.654. The molecule has 54 valence electrons. The number of nitrogens with one attached hydrogen (secondary N) is 1. The Kier molecular flexibility index (Phi) is 2.51. The average molecular weight is 171 g/mol. The van der Waals surface area contributed by atoms with Crippen LogP contribution in [0.1, 0.15) is 11.8 Å². The standard InChI is InChI=1S/C7H9NS2/c1-5-3-4-7(9-5)10-6(2)8/h3-4,8H,1-2H3. The van der Waals surface area contributed by atoms with Crippen LogP contribution in [0.3, 0.4) is 0 Å². The highest BCUT2D eigenvalue weighted by molar-refractivity contribution is 8.15. The van der Waals surface area contributed by atoms with Crippen molar-refractivity contribution in [2.75, 3.05) is 0 Å². The highest BCUT2D eigenvalue weighted by Crippen LogP contribution is 2.26. The fourth-order valence-corrected chi connectivity index (χ4v) is 2.58. The number of aryl methyl sites for hydroxylation is 1. The van der Waals surface area contributed by atoms with E-state index in [0.717, 1.165) is 0 Å². The summed E-state index contributed by atoms with van der Waals surface area (Å²) in [4.78, 5) is 1.31. The second-order valence-corrected chi connectivity index (χ2v) is 4.83. The van der Waals surface area contributed by atoms with E-state index in [2.05, 4.69) is 19.1 Å². The molecule has 0 fully saturated rings. The van der Waals surface area contributed by atoms with E-state index in [1.54, 1.807) is 18.3 Å². The molecule has 3 heteroatoms. The van der Waals surface area contributed by atoms with Gasteiger partial charge in [-0.25, -0.2) is 0 Å². The van der Waals surface area contributed by atoms with Gasteiger partial charge in [0.1, 0.15) is 0 Å². The van der Waals surface area contributed by atoms with Crippen LogP contribution >= 0.6 is 23.1 Å². The van der Waals surface area contributed by atoms with Gasteiger partial charge < -0.3 is 0 Å². The Morgan fingerprint density at radius 1 is 1.60 bits per heavy atom. The van der Waals surface area contributed by atoms with Crippen LogP contribution in [-0.2, 0) is 0 Å². The number of rotatable bonds is 1. The van der Waals surface area contributed by atoms with Gasteiger partial charge in [-0.15, -0.1) is 11.3 Å². The molecule has 0 bridgehead atoms. The third kappa shape index (κ3) is 2.15. The molecule has 0 aliphatic rings. The summed E-state index contributed by atoms with van der Waals surface area (Å²) in [5, 5.41) is 7.87. The maximum atomic E-state index is 7.21. The lowest BCUT2D eigenvalue weighted by Gasteiger charge is -1.89. The van der Waals surface area contributed by atoms with Crippen molar-refractivity contribution in [3.8, 4) is 0 Å². The van der Waals surface area contributed by atoms with E-state index in [9.17, 15) is 0 Å². The van der Waals surface area contributed by atoms with Gasteiger partial charge in [0, 0.05) is 4.88 Å². The van der Waals surface area contributed by atoms with Crippen molar-refractivity contribution in [3.05, 3.63) is 17.0 Å². The van der Waals surface area contributed by atoms with E-state index in [1.807, 2.05) is 0 Å². The number of hydrogen-bond acceptors (Lipinski definition) is 3. The first kappa shape index (κ1) is 7.82. The van der Waals surface area contributed by atoms with Gasteiger partial charge in [0.15, 0.2) is 0 Å². The van der Waals surface area contributed by atoms with Crippen LogP contribution in [-0.4, -0.2) is 5.04 Å². The molecule has 1 heterocycles. The summed E-state index contributed by atoms with van der Waals surface area (Å²) in [5.41, 5.74) is 0. The normalized spacial score (nSPS) is 9.80. The molecular formula is C7H9NS2. The fourth-order valence-electron chi connectivity index (χ4n) is 0.618.